The number of imidazole rings is 1. The molecule has 0 saturated heterocycles. The molecule has 0 spiro atoms. The van der Waals surface area contributed by atoms with Crippen molar-refractivity contribution in [1.29, 1.82) is 10.5 Å². The molecule has 30 nitrogen and oxygen atoms in total. The molecule has 5 aromatic carbocycles. The van der Waals surface area contributed by atoms with Gasteiger partial charge in [-0.15, -0.1) is 61.7 Å². The van der Waals surface area contributed by atoms with Gasteiger partial charge in [0.2, 0.25) is 5.88 Å². The number of nitriles is 2. The number of aryl methyl sites for hydroxylation is 3. The molecular formula is C51H49ClN12O18S7. The summed E-state index contributed by atoms with van der Waals surface area (Å²) >= 11 is 8.44. The minimum absolute atomic E-state index is 0.0119. The van der Waals surface area contributed by atoms with E-state index in [2.05, 4.69) is 45.9 Å². The van der Waals surface area contributed by atoms with Crippen LogP contribution >= 0.6 is 35.1 Å². The second kappa shape index (κ2) is 30.2. The van der Waals surface area contributed by atoms with Gasteiger partial charge in [-0.2, -0.15) is 59.5 Å². The summed E-state index contributed by atoms with van der Waals surface area (Å²) in [5, 5.41) is 77.3. The molecule has 0 bridgehead atoms. The maximum Gasteiger partial charge on any atom is 0.425 e. The van der Waals surface area contributed by atoms with E-state index in [0.29, 0.717) is 48.6 Å². The predicted molar refractivity (Wildman–Crippen MR) is 326 cm³/mol. The molecule has 0 atom stereocenters. The third kappa shape index (κ3) is 19.9. The van der Waals surface area contributed by atoms with E-state index in [9.17, 15) is 72.6 Å². The normalized spacial score (nSPS) is 12.4. The average Bonchev–Trinajstić information content (AvgIpc) is 1.64. The molecule has 2 heterocycles. The predicted octanol–water partition coefficient (Wildman–Crippen LogP) is 11.6. The SMILES string of the molecule is Cc1cc(N=Nc2cc(SCCCS(=O)(=O)O)c(N=Nc3cc(OCCCS(=O)(=O)O)c(N=Nc4c(C)c(C#N)c5nc6c(S(=O)(=O)O)cc(CO)cc6n5c4O)cc3C)cc2C)c(SCCCS(=O)(=O)O)cc1N=Nc1ccc(Cl)cc1C#N.O=S(=O)=O. The fourth-order valence-electron chi connectivity index (χ4n) is 7.96. The van der Waals surface area contributed by atoms with E-state index in [1.54, 1.807) is 51.1 Å². The highest BCUT2D eigenvalue weighted by molar-refractivity contribution is 7.99. The van der Waals surface area contributed by atoms with Crippen molar-refractivity contribution in [2.24, 2.45) is 40.9 Å². The molecule has 6 N–H and O–H groups in total. The molecule has 0 aliphatic rings. The van der Waals surface area contributed by atoms with E-state index in [-0.39, 0.29) is 110 Å². The van der Waals surface area contributed by atoms with Gasteiger partial charge in [0.25, 0.3) is 40.5 Å². The van der Waals surface area contributed by atoms with Crippen LogP contribution in [0.15, 0.2) is 122 Å². The third-order valence-corrected chi connectivity index (χ3v) is 17.9. The smallest absolute Gasteiger partial charge is 0.425 e. The molecule has 0 fully saturated rings. The molecule has 7 aromatic rings. The molecule has 0 aliphatic carbocycles. The van der Waals surface area contributed by atoms with Crippen molar-refractivity contribution >= 4 is 148 Å². The Labute approximate surface area is 523 Å². The van der Waals surface area contributed by atoms with Gasteiger partial charge in [-0.25, -0.2) is 4.98 Å². The second-order valence-corrected chi connectivity index (χ2v) is 27.9. The number of aliphatic hydroxyl groups is 1. The maximum absolute atomic E-state index is 12.4. The number of halogens is 1. The highest BCUT2D eigenvalue weighted by atomic mass is 35.5. The quantitative estimate of drug-likeness (QED) is 0.0134. The minimum atomic E-state index is -4.94. The largest absolute Gasteiger partial charge is 0.493 e. The molecule has 0 unspecified atom stereocenters. The number of aromatic hydroxyl groups is 1. The molecule has 0 amide bonds. The van der Waals surface area contributed by atoms with Gasteiger partial charge in [0.1, 0.15) is 45.2 Å². The van der Waals surface area contributed by atoms with Crippen LogP contribution in [0.5, 0.6) is 11.6 Å². The molecule has 470 valence electrons. The Kier molecular flexibility index (Phi) is 23.8. The lowest BCUT2D eigenvalue weighted by Crippen LogP contribution is -2.08. The van der Waals surface area contributed by atoms with Gasteiger partial charge in [-0.3, -0.25) is 22.6 Å². The van der Waals surface area contributed by atoms with Crippen molar-refractivity contribution in [3.8, 4) is 23.8 Å². The van der Waals surface area contributed by atoms with E-state index < -0.39 is 85.7 Å². The van der Waals surface area contributed by atoms with Crippen LogP contribution in [0, 0.1) is 50.4 Å². The highest BCUT2D eigenvalue weighted by Crippen LogP contribution is 2.44. The maximum atomic E-state index is 12.4. The minimum Gasteiger partial charge on any atom is -0.493 e. The molecule has 0 saturated carbocycles. The number of rotatable bonds is 25. The summed E-state index contributed by atoms with van der Waals surface area (Å²) in [5.41, 5.74) is 2.41. The molecule has 38 heteroatoms. The summed E-state index contributed by atoms with van der Waals surface area (Å²) in [6.07, 6.45) is -0.0886. The molecule has 7 rings (SSSR count). The zero-order chi connectivity index (χ0) is 65.8. The molecule has 0 radical (unpaired) electrons. The number of aromatic nitrogens is 2. The Bertz CT molecular complexity index is 4740. The molecular weight excluding hydrogens is 1330 g/mol. The van der Waals surface area contributed by atoms with Gasteiger partial charge >= 0.3 is 10.6 Å². The first-order valence-electron chi connectivity index (χ1n) is 25.2. The van der Waals surface area contributed by atoms with E-state index in [1.807, 2.05) is 12.1 Å². The number of benzene rings is 5. The van der Waals surface area contributed by atoms with Gasteiger partial charge in [-0.1, -0.05) is 11.6 Å². The Morgan fingerprint density at radius 2 is 1.09 bits per heavy atom. The first kappa shape index (κ1) is 70.3. The number of ether oxygens (including phenoxy) is 1. The summed E-state index contributed by atoms with van der Waals surface area (Å²) in [5.74, 6) is -2.04. The monoisotopic (exact) mass is 1380 g/mol. The summed E-state index contributed by atoms with van der Waals surface area (Å²) < 4.78 is 165. The van der Waals surface area contributed by atoms with Gasteiger partial charge < -0.3 is 14.9 Å². The number of aliphatic hydroxyl groups excluding tert-OH is 1. The lowest BCUT2D eigenvalue weighted by molar-refractivity contribution is 0.281. The van der Waals surface area contributed by atoms with E-state index in [1.165, 1.54) is 60.8 Å². The molecule has 0 aliphatic heterocycles. The summed E-state index contributed by atoms with van der Waals surface area (Å²) in [6.45, 7) is 5.53. The first-order chi connectivity index (χ1) is 41.7. The van der Waals surface area contributed by atoms with Gasteiger partial charge in [0.15, 0.2) is 11.3 Å². The van der Waals surface area contributed by atoms with E-state index in [0.717, 1.165) is 10.5 Å². The van der Waals surface area contributed by atoms with Crippen molar-refractivity contribution in [3.63, 3.8) is 0 Å². The number of fused-ring (bicyclic) bond motifs is 3. The summed E-state index contributed by atoms with van der Waals surface area (Å²) in [4.78, 5) is 4.50. The van der Waals surface area contributed by atoms with Gasteiger partial charge in [0, 0.05) is 26.4 Å². The summed E-state index contributed by atoms with van der Waals surface area (Å²) in [7, 11) is -21.0. The number of hydrogen-bond donors (Lipinski definition) is 6. The molecule has 89 heavy (non-hydrogen) atoms. The van der Waals surface area contributed by atoms with Crippen LogP contribution < -0.4 is 4.74 Å². The van der Waals surface area contributed by atoms with Crippen LogP contribution in [-0.2, 0) is 57.7 Å². The Morgan fingerprint density at radius 3 is 1.57 bits per heavy atom. The number of azo groups is 4. The number of nitrogens with zero attached hydrogens (tertiary/aromatic N) is 12. The van der Waals surface area contributed by atoms with Crippen LogP contribution in [-0.4, -0.2) is 119 Å². The average molecular weight is 1380 g/mol. The Morgan fingerprint density at radius 1 is 0.618 bits per heavy atom. The van der Waals surface area contributed by atoms with E-state index in [4.69, 9.17) is 29.0 Å². The van der Waals surface area contributed by atoms with Crippen molar-refractivity contribution in [1.82, 2.24) is 9.38 Å². The Balaban J connectivity index is 0.00000306. The van der Waals surface area contributed by atoms with Crippen LogP contribution in [0.3, 0.4) is 0 Å². The first-order valence-corrected chi connectivity index (χ1v) is 34.8. The lowest BCUT2D eigenvalue weighted by atomic mass is 10.1. The summed E-state index contributed by atoms with van der Waals surface area (Å²) in [6, 6.07) is 20.3. The topological polar surface area (TPSA) is 482 Å². The van der Waals surface area contributed by atoms with Gasteiger partial charge in [0.05, 0.1) is 70.0 Å². The van der Waals surface area contributed by atoms with Crippen molar-refractivity contribution in [2.45, 2.75) is 68.3 Å². The van der Waals surface area contributed by atoms with Crippen LogP contribution in [0.25, 0.3) is 16.7 Å². The van der Waals surface area contributed by atoms with Gasteiger partial charge in [-0.05, 0) is 141 Å². The zero-order valence-electron chi connectivity index (χ0n) is 46.6. The number of pyridine rings is 1. The fraction of sp³-hybridized carbons (Fsp3) is 0.275. The van der Waals surface area contributed by atoms with Crippen LogP contribution in [0.1, 0.15) is 58.2 Å². The third-order valence-electron chi connectivity index (χ3n) is 12.1. The fourth-order valence-corrected chi connectivity index (χ4v) is 12.6. The van der Waals surface area contributed by atoms with Crippen LogP contribution in [0.2, 0.25) is 5.02 Å². The number of thioether (sulfide) groups is 2. The van der Waals surface area contributed by atoms with Crippen LogP contribution in [0.4, 0.5) is 45.5 Å². The van der Waals surface area contributed by atoms with Crippen molar-refractivity contribution < 1.29 is 79.5 Å². The highest BCUT2D eigenvalue weighted by Gasteiger charge is 2.26. The van der Waals surface area contributed by atoms with Crippen molar-refractivity contribution in [2.75, 3.05) is 35.4 Å². The Hall–Kier alpha value is -7.76. The van der Waals surface area contributed by atoms with Crippen molar-refractivity contribution in [3.05, 3.63) is 111 Å². The molecule has 2 aromatic heterocycles. The zero-order valence-corrected chi connectivity index (χ0v) is 53.1. The lowest BCUT2D eigenvalue weighted by Gasteiger charge is -2.12. The second-order valence-electron chi connectivity index (χ2n) is 18.7. The standard InChI is InChI=1S/C51H49ClN12O15S6.O3S/c1-28-16-40(60-63-48-31(4)35(26-54)50-55-49-43(64(50)51(48)66)19-32(27-65)20-47(49)85(76,77)78)44(79-10-5-13-82(67,68)69)22-37(28)57-61-41-18-30(3)39(24-46(41)81-12-7-15-84(73,74)75)59-62-42-17-29(2)38(23-45(42)80-11-6-14-83(70,71)72)58-56-36-9-8-34(52)21-33(36)25-53;1-4(2)3/h8-9,16-24,65-66H,5-7,10-15,27H2,1-4H3,(H,67,68,69)(H,70,71,72)(H,73,74,75)(H,76,77,78);. The van der Waals surface area contributed by atoms with E-state index >= 15 is 0 Å². The number of hydrogen-bond acceptors (Lipinski definition) is 27.